The zero-order chi connectivity index (χ0) is 21.3. The van der Waals surface area contributed by atoms with Gasteiger partial charge in [-0.3, -0.25) is 0 Å². The second kappa shape index (κ2) is 8.37. The lowest BCUT2D eigenvalue weighted by atomic mass is 10.00. The molecule has 1 aliphatic heterocycles. The highest BCUT2D eigenvalue weighted by Gasteiger charge is 2.35. The normalized spacial score (nSPS) is 17.8. The van der Waals surface area contributed by atoms with Crippen LogP contribution in [0.4, 0.5) is 0 Å². The topological polar surface area (TPSA) is 85.5 Å². The molecule has 1 aliphatic rings. The quantitative estimate of drug-likeness (QED) is 0.580. The van der Waals surface area contributed by atoms with Crippen LogP contribution in [0.15, 0.2) is 51.8 Å². The van der Waals surface area contributed by atoms with Gasteiger partial charge in [-0.1, -0.05) is 29.8 Å². The van der Waals surface area contributed by atoms with Gasteiger partial charge in [-0.25, -0.2) is 8.42 Å². The van der Waals surface area contributed by atoms with E-state index in [1.807, 2.05) is 31.2 Å². The molecule has 2 heterocycles. The van der Waals surface area contributed by atoms with E-state index in [2.05, 4.69) is 10.2 Å². The summed E-state index contributed by atoms with van der Waals surface area (Å²) in [6.45, 7) is 2.65. The Morgan fingerprint density at radius 3 is 2.77 bits per heavy atom. The van der Waals surface area contributed by atoms with Crippen molar-refractivity contribution in [3.63, 3.8) is 0 Å². The average molecular weight is 448 g/mol. The van der Waals surface area contributed by atoms with Crippen LogP contribution >= 0.6 is 11.6 Å². The predicted octanol–water partition coefficient (Wildman–Crippen LogP) is 4.28. The molecule has 1 fully saturated rings. The zero-order valence-corrected chi connectivity index (χ0v) is 18.3. The van der Waals surface area contributed by atoms with Crippen LogP contribution in [0.1, 0.15) is 30.2 Å². The van der Waals surface area contributed by atoms with Gasteiger partial charge in [-0.15, -0.1) is 10.2 Å². The van der Waals surface area contributed by atoms with Crippen molar-refractivity contribution in [1.82, 2.24) is 14.5 Å². The molecule has 3 aromatic rings. The molecule has 0 saturated carbocycles. The highest BCUT2D eigenvalue weighted by molar-refractivity contribution is 7.89. The summed E-state index contributed by atoms with van der Waals surface area (Å²) in [6.07, 6.45) is 1.46. The first-order valence-electron chi connectivity index (χ1n) is 9.63. The SMILES string of the molecule is COc1ccc(Cl)cc1S(=O)(=O)N1CCC[C@@H](c2nnc(-c3ccccc3C)o2)C1. The van der Waals surface area contributed by atoms with Crippen molar-refractivity contribution in [2.24, 2.45) is 0 Å². The Morgan fingerprint density at radius 1 is 1.20 bits per heavy atom. The number of ether oxygens (including phenoxy) is 1. The van der Waals surface area contributed by atoms with E-state index in [9.17, 15) is 8.42 Å². The molecule has 4 rings (SSSR count). The zero-order valence-electron chi connectivity index (χ0n) is 16.7. The number of aromatic nitrogens is 2. The van der Waals surface area contributed by atoms with Crippen LogP contribution in [0.3, 0.4) is 0 Å². The maximum absolute atomic E-state index is 13.3. The summed E-state index contributed by atoms with van der Waals surface area (Å²) < 4.78 is 39.2. The molecule has 0 amide bonds. The predicted molar refractivity (Wildman–Crippen MR) is 113 cm³/mol. The van der Waals surface area contributed by atoms with E-state index in [1.54, 1.807) is 12.1 Å². The smallest absolute Gasteiger partial charge is 0.248 e. The minimum Gasteiger partial charge on any atom is -0.495 e. The third-order valence-corrected chi connectivity index (χ3v) is 7.41. The van der Waals surface area contributed by atoms with Crippen LogP contribution in [0, 0.1) is 6.92 Å². The van der Waals surface area contributed by atoms with E-state index in [1.165, 1.54) is 17.5 Å². The number of nitrogens with zero attached hydrogens (tertiary/aromatic N) is 3. The standard InChI is InChI=1S/C21H22ClN3O4S/c1-14-6-3-4-8-17(14)21-24-23-20(29-21)15-7-5-11-25(13-15)30(26,27)19-12-16(22)9-10-18(19)28-2/h3-4,6,8-10,12,15H,5,7,11,13H2,1-2H3/t15-/m1/s1. The fourth-order valence-electron chi connectivity index (χ4n) is 3.67. The second-order valence-electron chi connectivity index (χ2n) is 7.26. The lowest BCUT2D eigenvalue weighted by Crippen LogP contribution is -2.39. The summed E-state index contributed by atoms with van der Waals surface area (Å²) in [5.41, 5.74) is 1.91. The van der Waals surface area contributed by atoms with Crippen molar-refractivity contribution in [3.05, 3.63) is 58.9 Å². The fourth-order valence-corrected chi connectivity index (χ4v) is 5.62. The van der Waals surface area contributed by atoms with Crippen molar-refractivity contribution < 1.29 is 17.6 Å². The number of halogens is 1. The fraction of sp³-hybridized carbons (Fsp3) is 0.333. The van der Waals surface area contributed by atoms with Gasteiger partial charge < -0.3 is 9.15 Å². The number of hydrogen-bond acceptors (Lipinski definition) is 6. The Bertz CT molecular complexity index is 1160. The van der Waals surface area contributed by atoms with E-state index in [0.717, 1.165) is 17.5 Å². The Balaban J connectivity index is 1.60. The first kappa shape index (κ1) is 20.8. The summed E-state index contributed by atoms with van der Waals surface area (Å²) in [7, 11) is -2.35. The molecule has 7 nitrogen and oxygen atoms in total. The summed E-state index contributed by atoms with van der Waals surface area (Å²) in [5.74, 6) is 0.982. The van der Waals surface area contributed by atoms with Gasteiger partial charge in [0.25, 0.3) is 0 Å². The van der Waals surface area contributed by atoms with Crippen molar-refractivity contribution in [1.29, 1.82) is 0 Å². The lowest BCUT2D eigenvalue weighted by molar-refractivity contribution is 0.285. The van der Waals surface area contributed by atoms with Crippen molar-refractivity contribution in [2.75, 3.05) is 20.2 Å². The van der Waals surface area contributed by atoms with E-state index < -0.39 is 10.0 Å². The lowest BCUT2D eigenvalue weighted by Gasteiger charge is -2.30. The number of rotatable bonds is 5. The molecule has 2 aromatic carbocycles. The molecule has 1 atom stereocenters. The molecular weight excluding hydrogens is 426 g/mol. The van der Waals surface area contributed by atoms with Crippen LogP contribution in [-0.2, 0) is 10.0 Å². The number of sulfonamides is 1. The molecule has 0 aliphatic carbocycles. The number of benzene rings is 2. The Kier molecular flexibility index (Phi) is 5.81. The molecule has 0 radical (unpaired) electrons. The summed E-state index contributed by atoms with van der Waals surface area (Å²) in [4.78, 5) is 0.0595. The van der Waals surface area contributed by atoms with Crippen LogP contribution in [0.2, 0.25) is 5.02 Å². The number of methoxy groups -OCH3 is 1. The Hall–Kier alpha value is -2.42. The van der Waals surface area contributed by atoms with Crippen molar-refractivity contribution >= 4 is 21.6 Å². The van der Waals surface area contributed by atoms with Gasteiger partial charge in [-0.2, -0.15) is 4.31 Å². The molecule has 1 saturated heterocycles. The van der Waals surface area contributed by atoms with Crippen LogP contribution in [0.25, 0.3) is 11.5 Å². The number of aryl methyl sites for hydroxylation is 1. The van der Waals surface area contributed by atoms with Gasteiger partial charge >= 0.3 is 0 Å². The maximum atomic E-state index is 13.3. The molecule has 158 valence electrons. The van der Waals surface area contributed by atoms with Gasteiger partial charge in [-0.05, 0) is 49.6 Å². The third kappa shape index (κ3) is 3.95. The average Bonchev–Trinajstić information content (AvgIpc) is 3.24. The first-order valence-corrected chi connectivity index (χ1v) is 11.4. The number of hydrogen-bond donors (Lipinski definition) is 0. The van der Waals surface area contributed by atoms with E-state index in [0.29, 0.717) is 29.8 Å². The molecule has 0 spiro atoms. The molecule has 9 heteroatoms. The maximum Gasteiger partial charge on any atom is 0.248 e. The summed E-state index contributed by atoms with van der Waals surface area (Å²) in [5, 5.41) is 8.73. The molecule has 30 heavy (non-hydrogen) atoms. The summed E-state index contributed by atoms with van der Waals surface area (Å²) >= 11 is 6.05. The van der Waals surface area contributed by atoms with Gasteiger partial charge in [0.2, 0.25) is 21.8 Å². The Labute approximate surface area is 180 Å². The molecule has 0 unspecified atom stereocenters. The van der Waals surface area contributed by atoms with Crippen LogP contribution in [0.5, 0.6) is 5.75 Å². The Morgan fingerprint density at radius 2 is 2.00 bits per heavy atom. The van der Waals surface area contributed by atoms with Crippen LogP contribution in [-0.4, -0.2) is 43.1 Å². The van der Waals surface area contributed by atoms with E-state index >= 15 is 0 Å². The van der Waals surface area contributed by atoms with Crippen LogP contribution < -0.4 is 4.74 Å². The first-order chi connectivity index (χ1) is 14.4. The highest BCUT2D eigenvalue weighted by atomic mass is 35.5. The van der Waals surface area contributed by atoms with Gasteiger partial charge in [0.15, 0.2) is 0 Å². The van der Waals surface area contributed by atoms with Crippen molar-refractivity contribution in [2.45, 2.75) is 30.6 Å². The third-order valence-electron chi connectivity index (χ3n) is 5.29. The second-order valence-corrected chi connectivity index (χ2v) is 9.60. The van der Waals surface area contributed by atoms with Gasteiger partial charge in [0.05, 0.1) is 13.0 Å². The van der Waals surface area contributed by atoms with E-state index in [4.69, 9.17) is 20.8 Å². The highest BCUT2D eigenvalue weighted by Crippen LogP contribution is 2.35. The monoisotopic (exact) mass is 447 g/mol. The largest absolute Gasteiger partial charge is 0.495 e. The van der Waals surface area contributed by atoms with Crippen molar-refractivity contribution in [3.8, 4) is 17.2 Å². The van der Waals surface area contributed by atoms with E-state index in [-0.39, 0.29) is 23.1 Å². The van der Waals surface area contributed by atoms with Gasteiger partial charge in [0.1, 0.15) is 10.6 Å². The molecule has 0 bridgehead atoms. The minimum absolute atomic E-state index is 0.0595. The van der Waals surface area contributed by atoms with Gasteiger partial charge in [0, 0.05) is 23.7 Å². The summed E-state index contributed by atoms with van der Waals surface area (Å²) in [6, 6.07) is 12.3. The molecule has 1 aromatic heterocycles. The molecule has 0 N–H and O–H groups in total. The minimum atomic E-state index is -3.79. The molecular formula is C21H22ClN3O4S. The number of piperidine rings is 1.